The van der Waals surface area contributed by atoms with Crippen molar-refractivity contribution in [2.45, 2.75) is 12.8 Å². The molecule has 2 N–H and O–H groups in total. The van der Waals surface area contributed by atoms with Gasteiger partial charge in [0.25, 0.3) is 5.91 Å². The highest BCUT2D eigenvalue weighted by atomic mass is 79.9. The molecule has 0 saturated heterocycles. The zero-order valence-electron chi connectivity index (χ0n) is 11.2. The normalized spacial score (nSPS) is 11.9. The van der Waals surface area contributed by atoms with Crippen LogP contribution < -0.4 is 10.6 Å². The molecule has 1 amide bonds. The third kappa shape index (κ3) is 3.55. The summed E-state index contributed by atoms with van der Waals surface area (Å²) in [6, 6.07) is 1.75. The second kappa shape index (κ2) is 6.81. The van der Waals surface area contributed by atoms with Crippen LogP contribution in [0.25, 0.3) is 0 Å². The zero-order chi connectivity index (χ0) is 14.5. The summed E-state index contributed by atoms with van der Waals surface area (Å²) < 4.78 is 0.773. The van der Waals surface area contributed by atoms with Crippen molar-refractivity contribution >= 4 is 39.0 Å². The Bertz CT molecular complexity index is 588. The van der Waals surface area contributed by atoms with E-state index < -0.39 is 0 Å². The number of nitrogens with one attached hydrogen (secondary N) is 2. The number of nitrogens with zero attached hydrogens (tertiary/aromatic N) is 2. The number of hydrogen-bond acceptors (Lipinski definition) is 5. The number of anilines is 1. The molecule has 0 aliphatic rings. The molecule has 0 fully saturated rings. The molecular weight excluding hydrogens is 340 g/mol. The van der Waals surface area contributed by atoms with Gasteiger partial charge in [-0.15, -0.1) is 11.3 Å². The van der Waals surface area contributed by atoms with E-state index in [9.17, 15) is 4.79 Å². The SMILES string of the molecule is CNc1ncc(Br)cc1C(=O)NCC(C)c1nccs1. The van der Waals surface area contributed by atoms with Gasteiger partial charge in [0.15, 0.2) is 0 Å². The van der Waals surface area contributed by atoms with Crippen LogP contribution in [-0.4, -0.2) is 29.5 Å². The molecule has 0 aliphatic carbocycles. The number of hydrogen-bond donors (Lipinski definition) is 2. The van der Waals surface area contributed by atoms with Gasteiger partial charge in [-0.25, -0.2) is 9.97 Å². The number of carbonyl (C=O) groups is 1. The van der Waals surface area contributed by atoms with Gasteiger partial charge in [-0.3, -0.25) is 4.79 Å². The van der Waals surface area contributed by atoms with Gasteiger partial charge in [0.1, 0.15) is 5.82 Å². The van der Waals surface area contributed by atoms with Gasteiger partial charge >= 0.3 is 0 Å². The number of aromatic nitrogens is 2. The van der Waals surface area contributed by atoms with Crippen LogP contribution in [0.1, 0.15) is 28.2 Å². The Morgan fingerprint density at radius 3 is 2.95 bits per heavy atom. The maximum Gasteiger partial charge on any atom is 0.255 e. The standard InChI is InChI=1S/C13H15BrN4OS/c1-8(13-16-3-4-20-13)6-18-12(19)10-5-9(14)7-17-11(10)15-2/h3-5,7-8H,6H2,1-2H3,(H,15,17)(H,18,19). The summed E-state index contributed by atoms with van der Waals surface area (Å²) in [7, 11) is 1.74. The molecular formula is C13H15BrN4OS. The number of halogens is 1. The number of amides is 1. The number of pyridine rings is 1. The van der Waals surface area contributed by atoms with Crippen molar-refractivity contribution in [1.82, 2.24) is 15.3 Å². The molecule has 20 heavy (non-hydrogen) atoms. The minimum Gasteiger partial charge on any atom is -0.372 e. The molecule has 0 radical (unpaired) electrons. The molecule has 0 saturated carbocycles. The Labute approximate surface area is 130 Å². The van der Waals surface area contributed by atoms with E-state index in [1.807, 2.05) is 12.3 Å². The molecule has 1 unspecified atom stereocenters. The predicted molar refractivity (Wildman–Crippen MR) is 84.3 cm³/mol. The summed E-state index contributed by atoms with van der Waals surface area (Å²) in [5.41, 5.74) is 0.521. The molecule has 0 bridgehead atoms. The lowest BCUT2D eigenvalue weighted by atomic mass is 10.2. The van der Waals surface area contributed by atoms with Crippen LogP contribution in [0, 0.1) is 0 Å². The fourth-order valence-electron chi connectivity index (χ4n) is 1.72. The molecule has 0 spiro atoms. The summed E-state index contributed by atoms with van der Waals surface area (Å²) in [6.07, 6.45) is 3.43. The Balaban J connectivity index is 2.03. The third-order valence-corrected chi connectivity index (χ3v) is 4.22. The van der Waals surface area contributed by atoms with E-state index >= 15 is 0 Å². The van der Waals surface area contributed by atoms with Crippen molar-refractivity contribution < 1.29 is 4.79 Å². The average molecular weight is 355 g/mol. The molecule has 1 atom stereocenters. The molecule has 5 nitrogen and oxygen atoms in total. The summed E-state index contributed by atoms with van der Waals surface area (Å²) in [5, 5.41) is 8.79. The van der Waals surface area contributed by atoms with Gasteiger partial charge in [0, 0.05) is 41.8 Å². The number of thiazole rings is 1. The van der Waals surface area contributed by atoms with Gasteiger partial charge in [-0.05, 0) is 22.0 Å². The smallest absolute Gasteiger partial charge is 0.255 e. The Morgan fingerprint density at radius 2 is 2.30 bits per heavy atom. The molecule has 2 heterocycles. The Morgan fingerprint density at radius 1 is 1.50 bits per heavy atom. The van der Waals surface area contributed by atoms with Crippen molar-refractivity contribution in [1.29, 1.82) is 0 Å². The summed E-state index contributed by atoms with van der Waals surface area (Å²) in [5.74, 6) is 0.608. The maximum absolute atomic E-state index is 12.2. The van der Waals surface area contributed by atoms with Crippen molar-refractivity contribution in [2.75, 3.05) is 18.9 Å². The van der Waals surface area contributed by atoms with E-state index in [0.717, 1.165) is 9.48 Å². The van der Waals surface area contributed by atoms with Crippen LogP contribution in [0.2, 0.25) is 0 Å². The number of carbonyl (C=O) groups excluding carboxylic acids is 1. The largest absolute Gasteiger partial charge is 0.372 e. The lowest BCUT2D eigenvalue weighted by molar-refractivity contribution is 0.0952. The van der Waals surface area contributed by atoms with Gasteiger partial charge in [-0.2, -0.15) is 0 Å². The summed E-state index contributed by atoms with van der Waals surface area (Å²) in [6.45, 7) is 2.58. The number of rotatable bonds is 5. The topological polar surface area (TPSA) is 66.9 Å². The second-order valence-electron chi connectivity index (χ2n) is 4.28. The Kier molecular flexibility index (Phi) is 5.08. The van der Waals surface area contributed by atoms with Crippen LogP contribution in [0.4, 0.5) is 5.82 Å². The van der Waals surface area contributed by atoms with Crippen LogP contribution >= 0.6 is 27.3 Å². The minimum atomic E-state index is -0.147. The lowest BCUT2D eigenvalue weighted by Crippen LogP contribution is -2.28. The Hall–Kier alpha value is -1.47. The third-order valence-electron chi connectivity index (χ3n) is 2.78. The first-order valence-corrected chi connectivity index (χ1v) is 7.80. The first kappa shape index (κ1) is 14.9. The monoisotopic (exact) mass is 354 g/mol. The van der Waals surface area contributed by atoms with Crippen molar-refractivity contribution in [2.24, 2.45) is 0 Å². The van der Waals surface area contributed by atoms with Crippen molar-refractivity contribution in [3.05, 3.63) is 38.9 Å². The van der Waals surface area contributed by atoms with Gasteiger partial charge in [-0.1, -0.05) is 6.92 Å². The highest BCUT2D eigenvalue weighted by Gasteiger charge is 2.15. The maximum atomic E-state index is 12.2. The van der Waals surface area contributed by atoms with Crippen molar-refractivity contribution in [3.8, 4) is 0 Å². The lowest BCUT2D eigenvalue weighted by Gasteiger charge is -2.12. The van der Waals surface area contributed by atoms with E-state index in [-0.39, 0.29) is 11.8 Å². The van der Waals surface area contributed by atoms with Crippen LogP contribution in [0.3, 0.4) is 0 Å². The first-order chi connectivity index (χ1) is 9.61. The average Bonchev–Trinajstić information content (AvgIpc) is 2.98. The van der Waals surface area contributed by atoms with E-state index in [1.54, 1.807) is 36.8 Å². The molecule has 7 heteroatoms. The molecule has 2 aromatic rings. The minimum absolute atomic E-state index is 0.147. The summed E-state index contributed by atoms with van der Waals surface area (Å²) >= 11 is 4.92. The van der Waals surface area contributed by atoms with Crippen LogP contribution in [0.15, 0.2) is 28.3 Å². The fraction of sp³-hybridized carbons (Fsp3) is 0.308. The molecule has 2 aromatic heterocycles. The molecule has 0 aromatic carbocycles. The molecule has 0 aliphatic heterocycles. The van der Waals surface area contributed by atoms with E-state index in [4.69, 9.17) is 0 Å². The van der Waals surface area contributed by atoms with E-state index in [1.165, 1.54) is 0 Å². The second-order valence-corrected chi connectivity index (χ2v) is 6.12. The van der Waals surface area contributed by atoms with Gasteiger partial charge < -0.3 is 10.6 Å². The highest BCUT2D eigenvalue weighted by molar-refractivity contribution is 9.10. The zero-order valence-corrected chi connectivity index (χ0v) is 13.6. The van der Waals surface area contributed by atoms with Gasteiger partial charge in [0.05, 0.1) is 10.6 Å². The molecule has 106 valence electrons. The van der Waals surface area contributed by atoms with Gasteiger partial charge in [0.2, 0.25) is 0 Å². The predicted octanol–water partition coefficient (Wildman–Crippen LogP) is 2.88. The van der Waals surface area contributed by atoms with E-state index in [0.29, 0.717) is 17.9 Å². The van der Waals surface area contributed by atoms with E-state index in [2.05, 4.69) is 36.5 Å². The highest BCUT2D eigenvalue weighted by Crippen LogP contribution is 2.19. The van der Waals surface area contributed by atoms with Crippen LogP contribution in [-0.2, 0) is 0 Å². The quantitative estimate of drug-likeness (QED) is 0.866. The molecule has 2 rings (SSSR count). The van der Waals surface area contributed by atoms with Crippen LogP contribution in [0.5, 0.6) is 0 Å². The first-order valence-electron chi connectivity index (χ1n) is 6.12. The van der Waals surface area contributed by atoms with Crippen molar-refractivity contribution in [3.63, 3.8) is 0 Å². The fourth-order valence-corrected chi connectivity index (χ4v) is 2.75. The summed E-state index contributed by atoms with van der Waals surface area (Å²) in [4.78, 5) is 20.6.